The quantitative estimate of drug-likeness (QED) is 0.535. The maximum atomic E-state index is 13.3. The van der Waals surface area contributed by atoms with Gasteiger partial charge in [-0.05, 0) is 61.2 Å². The predicted octanol–water partition coefficient (Wildman–Crippen LogP) is 4.74. The third kappa shape index (κ3) is 4.95. The molecule has 1 amide bonds. The molecule has 1 aromatic carbocycles. The first-order valence-electron chi connectivity index (χ1n) is 10.8. The molecule has 2 aromatic heterocycles. The molecule has 34 heavy (non-hydrogen) atoms. The first kappa shape index (κ1) is 23.5. The number of alkyl halides is 3. The molecule has 0 saturated heterocycles. The fraction of sp³-hybridized carbons (Fsp3) is 0.333. The Bertz CT molecular complexity index is 1290. The van der Waals surface area contributed by atoms with Crippen LogP contribution in [-0.2, 0) is 11.0 Å². The van der Waals surface area contributed by atoms with Crippen molar-refractivity contribution in [1.29, 1.82) is 0 Å². The summed E-state index contributed by atoms with van der Waals surface area (Å²) in [6, 6.07) is 4.93. The van der Waals surface area contributed by atoms with Crippen LogP contribution >= 0.6 is 0 Å². The molecule has 0 spiro atoms. The van der Waals surface area contributed by atoms with E-state index in [9.17, 15) is 18.0 Å². The second-order valence-electron chi connectivity index (χ2n) is 8.41. The zero-order valence-corrected chi connectivity index (χ0v) is 19.1. The number of benzene rings is 1. The number of aromatic nitrogens is 3. The van der Waals surface area contributed by atoms with Gasteiger partial charge in [0, 0.05) is 31.9 Å². The van der Waals surface area contributed by atoms with E-state index in [2.05, 4.69) is 20.3 Å². The maximum Gasteiger partial charge on any atom is 0.416 e. The Kier molecular flexibility index (Phi) is 6.16. The zero-order chi connectivity index (χ0) is 24.6. The minimum atomic E-state index is -4.49. The lowest BCUT2D eigenvalue weighted by Gasteiger charge is -2.25. The number of pyridine rings is 1. The number of halogens is 3. The van der Waals surface area contributed by atoms with Crippen molar-refractivity contribution >= 4 is 34.0 Å². The summed E-state index contributed by atoms with van der Waals surface area (Å²) in [6.45, 7) is 6.19. The molecule has 0 fully saturated rings. The van der Waals surface area contributed by atoms with Crippen LogP contribution in [0.15, 0.2) is 36.5 Å². The molecular formula is C24H25F3N6O. The van der Waals surface area contributed by atoms with Crippen LogP contribution in [0.25, 0.3) is 16.6 Å². The zero-order valence-electron chi connectivity index (χ0n) is 19.1. The van der Waals surface area contributed by atoms with Gasteiger partial charge in [0.15, 0.2) is 5.65 Å². The highest BCUT2D eigenvalue weighted by Gasteiger charge is 2.31. The molecule has 0 radical (unpaired) electrons. The summed E-state index contributed by atoms with van der Waals surface area (Å²) in [7, 11) is 0. The van der Waals surface area contributed by atoms with E-state index in [1.165, 1.54) is 6.07 Å². The van der Waals surface area contributed by atoms with Gasteiger partial charge in [-0.15, -0.1) is 0 Å². The van der Waals surface area contributed by atoms with E-state index in [0.717, 1.165) is 23.3 Å². The van der Waals surface area contributed by atoms with Gasteiger partial charge in [-0.3, -0.25) is 4.79 Å². The second kappa shape index (κ2) is 8.92. The highest BCUT2D eigenvalue weighted by molar-refractivity contribution is 5.89. The van der Waals surface area contributed by atoms with E-state index < -0.39 is 17.8 Å². The number of carbonyl (C=O) groups is 1. The van der Waals surface area contributed by atoms with Crippen molar-refractivity contribution < 1.29 is 18.0 Å². The highest BCUT2D eigenvalue weighted by Crippen LogP contribution is 2.34. The molecule has 0 bridgehead atoms. The Morgan fingerprint density at radius 2 is 1.97 bits per heavy atom. The average molecular weight is 470 g/mol. The summed E-state index contributed by atoms with van der Waals surface area (Å²) in [5.74, 6) is 0.994. The summed E-state index contributed by atoms with van der Waals surface area (Å²) in [6.07, 6.45) is -0.0522. The van der Waals surface area contributed by atoms with E-state index in [4.69, 9.17) is 5.73 Å². The lowest BCUT2D eigenvalue weighted by molar-refractivity contribution is -0.137. The number of hydrogen-bond acceptors (Lipinski definition) is 6. The van der Waals surface area contributed by atoms with Gasteiger partial charge in [0.1, 0.15) is 11.6 Å². The standard InChI is InChI=1S/C24H25F3N6O/c1-13(17-8-19(24(25,26)27)11-20(28)9-17)30-23-21-10-18(12-29-22(21)31-14(2)32-23)16-4-6-33(7-5-16)15(3)34/h4,8-13H,5-7,28H2,1-3H3,(H,29,30,31,32)/t13-/m1/s1. The van der Waals surface area contributed by atoms with E-state index >= 15 is 0 Å². The fourth-order valence-corrected chi connectivity index (χ4v) is 4.00. The maximum absolute atomic E-state index is 13.3. The lowest BCUT2D eigenvalue weighted by atomic mass is 10.00. The molecule has 3 aromatic rings. The van der Waals surface area contributed by atoms with E-state index in [1.807, 2.05) is 12.1 Å². The van der Waals surface area contributed by atoms with Gasteiger partial charge < -0.3 is 16.0 Å². The van der Waals surface area contributed by atoms with Gasteiger partial charge in [0.05, 0.1) is 17.0 Å². The van der Waals surface area contributed by atoms with Crippen molar-refractivity contribution in [3.05, 3.63) is 59.1 Å². The number of nitrogen functional groups attached to an aromatic ring is 1. The van der Waals surface area contributed by atoms with Crippen molar-refractivity contribution in [2.24, 2.45) is 0 Å². The van der Waals surface area contributed by atoms with Crippen LogP contribution in [0.4, 0.5) is 24.7 Å². The van der Waals surface area contributed by atoms with E-state index in [1.54, 1.807) is 31.9 Å². The summed E-state index contributed by atoms with van der Waals surface area (Å²) in [4.78, 5) is 26.7. The Morgan fingerprint density at radius 1 is 1.21 bits per heavy atom. The molecule has 10 heteroatoms. The molecule has 0 unspecified atom stereocenters. The number of aryl methyl sites for hydroxylation is 1. The fourth-order valence-electron chi connectivity index (χ4n) is 4.00. The number of rotatable bonds is 4. The van der Waals surface area contributed by atoms with Crippen LogP contribution in [0.3, 0.4) is 0 Å². The van der Waals surface area contributed by atoms with Crippen LogP contribution in [0.1, 0.15) is 48.8 Å². The molecule has 4 rings (SSSR count). The van der Waals surface area contributed by atoms with Crippen LogP contribution in [0.5, 0.6) is 0 Å². The molecule has 1 aliphatic rings. The van der Waals surface area contributed by atoms with Gasteiger partial charge in [-0.2, -0.15) is 13.2 Å². The molecule has 7 nitrogen and oxygen atoms in total. The molecule has 1 aliphatic heterocycles. The molecule has 0 aliphatic carbocycles. The monoisotopic (exact) mass is 470 g/mol. The van der Waals surface area contributed by atoms with Gasteiger partial charge in [0.2, 0.25) is 5.91 Å². The first-order valence-corrected chi connectivity index (χ1v) is 10.8. The minimum Gasteiger partial charge on any atom is -0.399 e. The number of hydrogen-bond donors (Lipinski definition) is 2. The first-order chi connectivity index (χ1) is 16.0. The smallest absolute Gasteiger partial charge is 0.399 e. The van der Waals surface area contributed by atoms with Gasteiger partial charge in [-0.1, -0.05) is 6.08 Å². The number of nitrogens with two attached hydrogens (primary N) is 1. The minimum absolute atomic E-state index is 0.0338. The predicted molar refractivity (Wildman–Crippen MR) is 125 cm³/mol. The van der Waals surface area contributed by atoms with Crippen LogP contribution in [-0.4, -0.2) is 38.8 Å². The number of carbonyl (C=O) groups excluding carboxylic acids is 1. The van der Waals surface area contributed by atoms with Crippen molar-refractivity contribution in [2.75, 3.05) is 24.1 Å². The van der Waals surface area contributed by atoms with Crippen molar-refractivity contribution in [3.63, 3.8) is 0 Å². The van der Waals surface area contributed by atoms with Gasteiger partial charge >= 0.3 is 6.18 Å². The SMILES string of the molecule is CC(=O)N1CC=C(c2cnc3nc(C)nc(N[C@H](C)c4cc(N)cc(C(F)(F)F)c4)c3c2)CC1. The number of nitrogens with zero attached hydrogens (tertiary/aromatic N) is 4. The summed E-state index contributed by atoms with van der Waals surface area (Å²) < 4.78 is 39.8. The summed E-state index contributed by atoms with van der Waals surface area (Å²) in [5, 5.41) is 3.87. The Balaban J connectivity index is 1.68. The van der Waals surface area contributed by atoms with Crippen LogP contribution in [0, 0.1) is 6.92 Å². The summed E-state index contributed by atoms with van der Waals surface area (Å²) >= 11 is 0. The van der Waals surface area contributed by atoms with Gasteiger partial charge in [0.25, 0.3) is 0 Å². The van der Waals surface area contributed by atoms with Gasteiger partial charge in [-0.25, -0.2) is 15.0 Å². The van der Waals surface area contributed by atoms with Crippen molar-refractivity contribution in [1.82, 2.24) is 19.9 Å². The average Bonchev–Trinajstić information content (AvgIpc) is 2.77. The molecule has 1 atom stereocenters. The number of amides is 1. The molecule has 3 heterocycles. The van der Waals surface area contributed by atoms with Crippen molar-refractivity contribution in [2.45, 2.75) is 39.4 Å². The van der Waals surface area contributed by atoms with E-state index in [0.29, 0.717) is 47.7 Å². The third-order valence-corrected chi connectivity index (χ3v) is 5.85. The lowest BCUT2D eigenvalue weighted by Crippen LogP contribution is -2.32. The normalized spacial score (nSPS) is 15.2. The molecule has 0 saturated carbocycles. The Hall–Kier alpha value is -3.69. The van der Waals surface area contributed by atoms with Crippen LogP contribution < -0.4 is 11.1 Å². The molecular weight excluding hydrogens is 445 g/mol. The van der Waals surface area contributed by atoms with E-state index in [-0.39, 0.29) is 11.6 Å². The number of anilines is 2. The number of nitrogens with one attached hydrogen (secondary N) is 1. The topological polar surface area (TPSA) is 97.0 Å². The van der Waals surface area contributed by atoms with Crippen molar-refractivity contribution in [3.8, 4) is 0 Å². The van der Waals surface area contributed by atoms with Crippen LogP contribution in [0.2, 0.25) is 0 Å². The Morgan fingerprint density at radius 3 is 2.62 bits per heavy atom. The second-order valence-corrected chi connectivity index (χ2v) is 8.41. The Labute approximate surface area is 194 Å². The molecule has 178 valence electrons. The summed E-state index contributed by atoms with van der Waals surface area (Å²) in [5.41, 5.74) is 7.81. The number of fused-ring (bicyclic) bond motifs is 1. The largest absolute Gasteiger partial charge is 0.416 e. The highest BCUT2D eigenvalue weighted by atomic mass is 19.4. The molecule has 3 N–H and O–H groups in total. The third-order valence-electron chi connectivity index (χ3n) is 5.85.